The monoisotopic (exact) mass is 501 g/mol. The van der Waals surface area contributed by atoms with Crippen LogP contribution in [0.25, 0.3) is 0 Å². The Kier molecular flexibility index (Phi) is 5.10. The van der Waals surface area contributed by atoms with Crippen LogP contribution in [0.3, 0.4) is 0 Å². The number of Topliss-reactive ketones (excluding diaryl/α,β-unsaturated/α-hetero) is 2. The summed E-state index contributed by atoms with van der Waals surface area (Å²) in [5, 5.41) is 0.313. The molecule has 6 rings (SSSR count). The van der Waals surface area contributed by atoms with Crippen molar-refractivity contribution in [1.82, 2.24) is 0 Å². The van der Waals surface area contributed by atoms with Crippen molar-refractivity contribution in [3.8, 4) is 5.75 Å². The predicted molar refractivity (Wildman–Crippen MR) is 130 cm³/mol. The Morgan fingerprint density at radius 1 is 0.861 bits per heavy atom. The third-order valence-corrected chi connectivity index (χ3v) is 7.48. The highest BCUT2D eigenvalue weighted by atomic mass is 35.5. The maximum Gasteiger partial charge on any atom is 0.241 e. The van der Waals surface area contributed by atoms with Gasteiger partial charge in [0.2, 0.25) is 29.0 Å². The Hall–Kier alpha value is -3.81. The van der Waals surface area contributed by atoms with E-state index in [9.17, 15) is 19.2 Å². The molecule has 0 unspecified atom stereocenters. The van der Waals surface area contributed by atoms with Crippen LogP contribution in [0.5, 0.6) is 5.75 Å². The Bertz CT molecular complexity index is 1410. The molecule has 8 heteroatoms. The Labute approximate surface area is 211 Å². The molecule has 3 aliphatic rings. The molecule has 7 nitrogen and oxygen atoms in total. The first-order valence-electron chi connectivity index (χ1n) is 11.6. The number of amides is 2. The van der Waals surface area contributed by atoms with Crippen molar-refractivity contribution in [2.45, 2.75) is 18.6 Å². The number of fused-ring (bicyclic) bond motifs is 3. The zero-order chi connectivity index (χ0) is 25.2. The molecule has 0 aromatic heterocycles. The smallest absolute Gasteiger partial charge is 0.241 e. The number of halogens is 1. The molecule has 180 valence electrons. The second kappa shape index (κ2) is 8.11. The van der Waals surface area contributed by atoms with Gasteiger partial charge >= 0.3 is 0 Å². The fourth-order valence-corrected chi connectivity index (χ4v) is 5.86. The fourth-order valence-electron chi connectivity index (χ4n) is 5.62. The lowest BCUT2D eigenvalue weighted by molar-refractivity contribution is -0.127. The Balaban J connectivity index is 1.51. The summed E-state index contributed by atoms with van der Waals surface area (Å²) in [5.74, 6) is -4.27. The predicted octanol–water partition coefficient (Wildman–Crippen LogP) is 4.43. The van der Waals surface area contributed by atoms with Crippen LogP contribution in [0, 0.1) is 11.8 Å². The lowest BCUT2D eigenvalue weighted by Gasteiger charge is -2.27. The molecule has 0 bridgehead atoms. The van der Waals surface area contributed by atoms with E-state index in [1.165, 1.54) is 12.1 Å². The van der Waals surface area contributed by atoms with Crippen LogP contribution in [0.4, 0.5) is 5.69 Å². The van der Waals surface area contributed by atoms with E-state index >= 15 is 0 Å². The first-order chi connectivity index (χ1) is 17.4. The maximum atomic E-state index is 13.9. The fraction of sp³-hybridized carbons (Fsp3) is 0.214. The highest BCUT2D eigenvalue weighted by Gasteiger charge is 2.74. The van der Waals surface area contributed by atoms with E-state index in [1.54, 1.807) is 60.7 Å². The molecule has 0 radical (unpaired) electrons. The van der Waals surface area contributed by atoms with Gasteiger partial charge in [0, 0.05) is 21.7 Å². The van der Waals surface area contributed by atoms with Crippen molar-refractivity contribution in [3.05, 3.63) is 94.5 Å². The van der Waals surface area contributed by atoms with Gasteiger partial charge in [-0.15, -0.1) is 0 Å². The lowest BCUT2D eigenvalue weighted by atomic mass is 9.77. The molecule has 2 aliphatic heterocycles. The molecule has 3 atom stereocenters. The molecule has 2 heterocycles. The summed E-state index contributed by atoms with van der Waals surface area (Å²) in [6.07, 6.45) is -1.06. The molecule has 0 N–H and O–H groups in total. The minimum atomic E-state index is -2.13. The number of ketones is 2. The maximum absolute atomic E-state index is 13.9. The molecule has 1 aliphatic carbocycles. The lowest BCUT2D eigenvalue weighted by Crippen LogP contribution is -2.51. The van der Waals surface area contributed by atoms with Gasteiger partial charge in [-0.1, -0.05) is 54.1 Å². The zero-order valence-electron chi connectivity index (χ0n) is 19.1. The average molecular weight is 502 g/mol. The van der Waals surface area contributed by atoms with Crippen molar-refractivity contribution in [3.63, 3.8) is 0 Å². The van der Waals surface area contributed by atoms with E-state index in [-0.39, 0.29) is 11.1 Å². The van der Waals surface area contributed by atoms with Gasteiger partial charge in [-0.05, 0) is 37.3 Å². The van der Waals surface area contributed by atoms with Crippen molar-refractivity contribution >= 4 is 40.7 Å². The minimum Gasteiger partial charge on any atom is -0.494 e. The zero-order valence-corrected chi connectivity index (χ0v) is 19.9. The molecule has 1 spiro atoms. The van der Waals surface area contributed by atoms with Crippen LogP contribution in [-0.2, 0) is 14.3 Å². The van der Waals surface area contributed by atoms with E-state index in [1.807, 2.05) is 6.92 Å². The molecule has 3 aromatic carbocycles. The molecule has 2 saturated heterocycles. The number of carbonyl (C=O) groups excluding carboxylic acids is 4. The minimum absolute atomic E-state index is 0.181. The summed E-state index contributed by atoms with van der Waals surface area (Å²) < 4.78 is 11.7. The van der Waals surface area contributed by atoms with Gasteiger partial charge in [0.1, 0.15) is 5.75 Å². The summed E-state index contributed by atoms with van der Waals surface area (Å²) >= 11 is 6.46. The quantitative estimate of drug-likeness (QED) is 0.388. The van der Waals surface area contributed by atoms with Crippen LogP contribution in [0.2, 0.25) is 5.02 Å². The normalized spacial score (nSPS) is 23.9. The molecule has 2 amide bonds. The van der Waals surface area contributed by atoms with Crippen LogP contribution in [-0.4, -0.2) is 35.6 Å². The summed E-state index contributed by atoms with van der Waals surface area (Å²) in [6, 6.07) is 19.7. The number of carbonyl (C=O) groups is 4. The Morgan fingerprint density at radius 2 is 1.47 bits per heavy atom. The van der Waals surface area contributed by atoms with E-state index in [2.05, 4.69) is 0 Å². The van der Waals surface area contributed by atoms with Gasteiger partial charge in [0.05, 0.1) is 30.2 Å². The van der Waals surface area contributed by atoms with E-state index in [0.717, 1.165) is 4.90 Å². The number of ether oxygens (including phenoxy) is 2. The topological polar surface area (TPSA) is 90.0 Å². The van der Waals surface area contributed by atoms with Crippen LogP contribution >= 0.6 is 11.6 Å². The summed E-state index contributed by atoms with van der Waals surface area (Å²) in [5.41, 5.74) is -1.00. The molecular formula is C28H20ClNO6. The third kappa shape index (κ3) is 2.90. The third-order valence-electron chi connectivity index (χ3n) is 7.14. The standard InChI is InChI=1S/C28H20ClNO6/c1-2-35-16-13-11-15(12-14-16)30-26(33)21-22(27(30)34)28(36-23(21)19-9-5-6-10-20(19)29)24(31)17-7-3-4-8-18(17)25(28)32/h3-14,21-23H,2H2,1H3/t21-,22+,23+/m0/s1. The number of anilines is 1. The number of hydrogen-bond donors (Lipinski definition) is 0. The number of benzene rings is 3. The van der Waals surface area contributed by atoms with Crippen LogP contribution in [0.15, 0.2) is 72.8 Å². The average Bonchev–Trinajstić information content (AvgIpc) is 3.45. The second-order valence-corrected chi connectivity index (χ2v) is 9.35. The van der Waals surface area contributed by atoms with Gasteiger partial charge in [-0.2, -0.15) is 0 Å². The van der Waals surface area contributed by atoms with E-state index in [0.29, 0.717) is 28.6 Å². The molecular weight excluding hydrogens is 482 g/mol. The number of imide groups is 1. The SMILES string of the molecule is CCOc1ccc(N2C(=O)[C@@H]3[C@@H](c4ccccc4Cl)OC4(C(=O)c5ccccc5C4=O)[C@H]3C2=O)cc1. The first-order valence-corrected chi connectivity index (χ1v) is 12.0. The largest absolute Gasteiger partial charge is 0.494 e. The van der Waals surface area contributed by atoms with Gasteiger partial charge in [0.15, 0.2) is 0 Å². The van der Waals surface area contributed by atoms with Gasteiger partial charge < -0.3 is 9.47 Å². The highest BCUT2D eigenvalue weighted by Crippen LogP contribution is 2.58. The van der Waals surface area contributed by atoms with Crippen molar-refractivity contribution < 1.29 is 28.7 Å². The molecule has 3 aromatic rings. The molecule has 2 fully saturated rings. The van der Waals surface area contributed by atoms with Gasteiger partial charge in [0.25, 0.3) is 0 Å². The number of hydrogen-bond acceptors (Lipinski definition) is 6. The van der Waals surface area contributed by atoms with Crippen LogP contribution in [0.1, 0.15) is 39.3 Å². The summed E-state index contributed by atoms with van der Waals surface area (Å²) in [4.78, 5) is 56.4. The molecule has 0 saturated carbocycles. The van der Waals surface area contributed by atoms with Gasteiger partial charge in [-0.25, -0.2) is 4.90 Å². The number of rotatable bonds is 4. The Morgan fingerprint density at radius 3 is 2.08 bits per heavy atom. The second-order valence-electron chi connectivity index (χ2n) is 8.94. The van der Waals surface area contributed by atoms with Crippen molar-refractivity contribution in [2.75, 3.05) is 11.5 Å². The van der Waals surface area contributed by atoms with Gasteiger partial charge in [-0.3, -0.25) is 19.2 Å². The number of nitrogens with zero attached hydrogens (tertiary/aromatic N) is 1. The molecule has 36 heavy (non-hydrogen) atoms. The van der Waals surface area contributed by atoms with E-state index in [4.69, 9.17) is 21.1 Å². The highest BCUT2D eigenvalue weighted by molar-refractivity contribution is 6.37. The summed E-state index contributed by atoms with van der Waals surface area (Å²) in [6.45, 7) is 2.32. The first kappa shape index (κ1) is 22.6. The van der Waals surface area contributed by atoms with E-state index < -0.39 is 46.9 Å². The van der Waals surface area contributed by atoms with Crippen LogP contribution < -0.4 is 9.64 Å². The summed E-state index contributed by atoms with van der Waals surface area (Å²) in [7, 11) is 0. The van der Waals surface area contributed by atoms with Crippen molar-refractivity contribution in [2.24, 2.45) is 11.8 Å². The van der Waals surface area contributed by atoms with Crippen molar-refractivity contribution in [1.29, 1.82) is 0 Å².